The van der Waals surface area contributed by atoms with Crippen LogP contribution in [0, 0.1) is 0 Å². The maximum atomic E-state index is 13.5. The molecule has 1 aliphatic rings. The van der Waals surface area contributed by atoms with E-state index >= 15 is 0 Å². The number of alkyl halides is 3. The molecule has 0 bridgehead atoms. The van der Waals surface area contributed by atoms with E-state index in [4.69, 9.17) is 4.74 Å². The highest BCUT2D eigenvalue weighted by Gasteiger charge is 2.37. The van der Waals surface area contributed by atoms with Crippen molar-refractivity contribution in [1.82, 2.24) is 9.97 Å². The maximum absolute atomic E-state index is 13.5. The molecule has 3 rings (SSSR count). The van der Waals surface area contributed by atoms with E-state index in [1.54, 1.807) is 13.1 Å². The normalized spacial score (nSPS) is 15.0. The van der Waals surface area contributed by atoms with E-state index in [1.165, 1.54) is 23.3 Å². The molecular formula is C21H26F3N3O. The number of halogens is 3. The summed E-state index contributed by atoms with van der Waals surface area (Å²) in [7, 11) is 1.60. The zero-order valence-electron chi connectivity index (χ0n) is 16.3. The molecule has 4 nitrogen and oxygen atoms in total. The summed E-state index contributed by atoms with van der Waals surface area (Å²) in [4.78, 5) is 9.31. The van der Waals surface area contributed by atoms with Crippen molar-refractivity contribution in [2.75, 3.05) is 18.6 Å². The Morgan fingerprint density at radius 2 is 1.96 bits per heavy atom. The van der Waals surface area contributed by atoms with E-state index in [9.17, 15) is 13.2 Å². The summed E-state index contributed by atoms with van der Waals surface area (Å²) in [5, 5.41) is 0. The maximum Gasteiger partial charge on any atom is 0.421 e. The van der Waals surface area contributed by atoms with E-state index in [0.29, 0.717) is 18.2 Å². The number of aromatic nitrogens is 2. The molecule has 28 heavy (non-hydrogen) atoms. The summed E-state index contributed by atoms with van der Waals surface area (Å²) < 4.78 is 46.1. The minimum absolute atomic E-state index is 0.0322. The monoisotopic (exact) mass is 393 g/mol. The van der Waals surface area contributed by atoms with Crippen LogP contribution in [0.25, 0.3) is 0 Å². The van der Waals surface area contributed by atoms with Gasteiger partial charge in [-0.2, -0.15) is 18.2 Å². The molecule has 0 aliphatic heterocycles. The van der Waals surface area contributed by atoms with Gasteiger partial charge in [-0.05, 0) is 42.9 Å². The Labute approximate surface area is 163 Å². The molecule has 1 saturated carbocycles. The van der Waals surface area contributed by atoms with Gasteiger partial charge in [-0.3, -0.25) is 0 Å². The molecule has 7 heteroatoms. The second-order valence-corrected chi connectivity index (χ2v) is 7.23. The van der Waals surface area contributed by atoms with Gasteiger partial charge in [0.05, 0.1) is 6.61 Å². The van der Waals surface area contributed by atoms with E-state index in [-0.39, 0.29) is 11.8 Å². The lowest BCUT2D eigenvalue weighted by Gasteiger charge is -2.23. The van der Waals surface area contributed by atoms with Crippen molar-refractivity contribution in [3.63, 3.8) is 0 Å². The van der Waals surface area contributed by atoms with Crippen LogP contribution in [0.4, 0.5) is 24.7 Å². The topological polar surface area (TPSA) is 38.2 Å². The van der Waals surface area contributed by atoms with Crippen molar-refractivity contribution >= 4 is 11.5 Å². The van der Waals surface area contributed by atoms with Crippen molar-refractivity contribution in [1.29, 1.82) is 0 Å². The minimum Gasteiger partial charge on any atom is -0.463 e. The Morgan fingerprint density at radius 1 is 1.21 bits per heavy atom. The summed E-state index contributed by atoms with van der Waals surface area (Å²) in [6, 6.07) is 7.69. The van der Waals surface area contributed by atoms with Crippen LogP contribution in [0.15, 0.2) is 30.5 Å². The minimum atomic E-state index is -4.55. The lowest BCUT2D eigenvalue weighted by atomic mass is 9.97. The largest absolute Gasteiger partial charge is 0.463 e. The van der Waals surface area contributed by atoms with Gasteiger partial charge in [0.1, 0.15) is 5.56 Å². The summed E-state index contributed by atoms with van der Waals surface area (Å²) in [5.74, 6) is 0.284. The number of benzene rings is 1. The number of rotatable bonds is 7. The van der Waals surface area contributed by atoms with E-state index in [2.05, 4.69) is 16.0 Å². The van der Waals surface area contributed by atoms with Crippen LogP contribution >= 0.6 is 0 Å². The Morgan fingerprint density at radius 3 is 2.64 bits per heavy atom. The van der Waals surface area contributed by atoms with E-state index in [0.717, 1.165) is 31.9 Å². The van der Waals surface area contributed by atoms with Crippen LogP contribution in [0.1, 0.15) is 62.5 Å². The molecule has 0 saturated heterocycles. The Hall–Kier alpha value is -2.31. The third-order valence-electron chi connectivity index (χ3n) is 5.18. The molecule has 0 N–H and O–H groups in total. The fraction of sp³-hybridized carbons (Fsp3) is 0.524. The van der Waals surface area contributed by atoms with Crippen molar-refractivity contribution in [2.24, 2.45) is 0 Å². The summed E-state index contributed by atoms with van der Waals surface area (Å²) in [6.45, 7) is 2.38. The summed E-state index contributed by atoms with van der Waals surface area (Å²) in [6.07, 6.45) is 2.63. The molecule has 0 spiro atoms. The van der Waals surface area contributed by atoms with Crippen LogP contribution in [0.5, 0.6) is 6.01 Å². The first-order valence-electron chi connectivity index (χ1n) is 9.81. The van der Waals surface area contributed by atoms with Crippen LogP contribution in [-0.4, -0.2) is 23.6 Å². The first kappa shape index (κ1) is 20.4. The highest BCUT2D eigenvalue weighted by molar-refractivity contribution is 5.63. The number of hydrogen-bond acceptors (Lipinski definition) is 4. The standard InChI is InChI=1S/C21H26F3N3O/c1-3-4-12-28-20-25-14-18(21(22,23)24)19(26-20)27(2)17-11-7-10-16(13-17)15-8-5-6-9-15/h7,10-11,13-15H,3-6,8-9,12H2,1-2H3. The lowest BCUT2D eigenvalue weighted by Crippen LogP contribution is -2.19. The number of nitrogens with zero attached hydrogens (tertiary/aromatic N) is 3. The number of anilines is 2. The molecular weight excluding hydrogens is 367 g/mol. The van der Waals surface area contributed by atoms with Crippen molar-refractivity contribution in [3.8, 4) is 6.01 Å². The highest BCUT2D eigenvalue weighted by atomic mass is 19.4. The van der Waals surface area contributed by atoms with Gasteiger partial charge in [-0.1, -0.05) is 38.3 Å². The molecule has 152 valence electrons. The fourth-order valence-corrected chi connectivity index (χ4v) is 3.56. The van der Waals surface area contributed by atoms with Gasteiger partial charge < -0.3 is 9.64 Å². The van der Waals surface area contributed by atoms with Crippen LogP contribution < -0.4 is 9.64 Å². The first-order valence-corrected chi connectivity index (χ1v) is 9.81. The summed E-state index contributed by atoms with van der Waals surface area (Å²) >= 11 is 0. The highest BCUT2D eigenvalue weighted by Crippen LogP contribution is 2.39. The van der Waals surface area contributed by atoms with Gasteiger partial charge >= 0.3 is 12.2 Å². The first-order chi connectivity index (χ1) is 13.4. The molecule has 0 unspecified atom stereocenters. The molecule has 0 atom stereocenters. The number of ether oxygens (including phenoxy) is 1. The molecule has 1 aromatic carbocycles. The quantitative estimate of drug-likeness (QED) is 0.533. The molecule has 1 heterocycles. The van der Waals surface area contributed by atoms with Gasteiger partial charge in [0, 0.05) is 18.9 Å². The SMILES string of the molecule is CCCCOc1ncc(C(F)(F)F)c(N(C)c2cccc(C3CCCC3)c2)n1. The molecule has 1 fully saturated rings. The van der Waals surface area contributed by atoms with Crippen molar-refractivity contribution in [3.05, 3.63) is 41.6 Å². The number of unbranched alkanes of at least 4 members (excludes halogenated alkanes) is 1. The smallest absolute Gasteiger partial charge is 0.421 e. The zero-order chi connectivity index (χ0) is 20.1. The van der Waals surface area contributed by atoms with Gasteiger partial charge in [-0.15, -0.1) is 0 Å². The van der Waals surface area contributed by atoms with Crippen LogP contribution in [0.2, 0.25) is 0 Å². The Kier molecular flexibility index (Phi) is 6.42. The molecule has 1 aliphatic carbocycles. The second-order valence-electron chi connectivity index (χ2n) is 7.23. The van der Waals surface area contributed by atoms with Gasteiger partial charge in [0.2, 0.25) is 0 Å². The fourth-order valence-electron chi connectivity index (χ4n) is 3.56. The lowest BCUT2D eigenvalue weighted by molar-refractivity contribution is -0.137. The zero-order valence-corrected chi connectivity index (χ0v) is 16.3. The molecule has 0 amide bonds. The van der Waals surface area contributed by atoms with Gasteiger partial charge in [0.15, 0.2) is 5.82 Å². The number of hydrogen-bond donors (Lipinski definition) is 0. The average molecular weight is 393 g/mol. The van der Waals surface area contributed by atoms with Crippen molar-refractivity contribution in [2.45, 2.75) is 57.5 Å². The molecule has 2 aromatic rings. The van der Waals surface area contributed by atoms with Crippen LogP contribution in [0.3, 0.4) is 0 Å². The predicted octanol–water partition coefficient (Wildman–Crippen LogP) is 6.10. The Bertz CT molecular complexity index is 789. The van der Waals surface area contributed by atoms with Gasteiger partial charge in [-0.25, -0.2) is 4.98 Å². The third-order valence-corrected chi connectivity index (χ3v) is 5.18. The predicted molar refractivity (Wildman–Crippen MR) is 103 cm³/mol. The van der Waals surface area contributed by atoms with Gasteiger partial charge in [0.25, 0.3) is 0 Å². The molecule has 0 radical (unpaired) electrons. The Balaban J connectivity index is 1.93. The average Bonchev–Trinajstić information content (AvgIpc) is 3.22. The van der Waals surface area contributed by atoms with Crippen molar-refractivity contribution < 1.29 is 17.9 Å². The third kappa shape index (κ3) is 4.75. The van der Waals surface area contributed by atoms with E-state index in [1.807, 2.05) is 19.1 Å². The van der Waals surface area contributed by atoms with Crippen LogP contribution in [-0.2, 0) is 6.18 Å². The summed E-state index contributed by atoms with van der Waals surface area (Å²) in [5.41, 5.74) is 0.973. The van der Waals surface area contributed by atoms with E-state index < -0.39 is 11.7 Å². The second kappa shape index (κ2) is 8.80. The molecule has 1 aromatic heterocycles.